The SMILES string of the molecule is CN(C)c1ccc(OC2CCN(C(=O)c3ccccc3F)C2)nn1. The van der Waals surface area contributed by atoms with E-state index in [4.69, 9.17) is 4.74 Å². The van der Waals surface area contributed by atoms with E-state index in [0.29, 0.717) is 25.4 Å². The van der Waals surface area contributed by atoms with Gasteiger partial charge in [-0.2, -0.15) is 0 Å². The number of likely N-dealkylation sites (tertiary alicyclic amines) is 1. The first-order chi connectivity index (χ1) is 11.5. The normalized spacial score (nSPS) is 17.0. The lowest BCUT2D eigenvalue weighted by atomic mass is 10.2. The molecule has 1 aromatic carbocycles. The molecule has 1 atom stereocenters. The smallest absolute Gasteiger partial charge is 0.256 e. The van der Waals surface area contributed by atoms with Crippen molar-refractivity contribution in [3.63, 3.8) is 0 Å². The van der Waals surface area contributed by atoms with Crippen molar-refractivity contribution >= 4 is 11.7 Å². The van der Waals surface area contributed by atoms with Crippen LogP contribution in [-0.2, 0) is 0 Å². The molecule has 1 fully saturated rings. The minimum Gasteiger partial charge on any atom is -0.471 e. The lowest BCUT2D eigenvalue weighted by molar-refractivity contribution is 0.0766. The van der Waals surface area contributed by atoms with Crippen molar-refractivity contribution < 1.29 is 13.9 Å². The average molecular weight is 330 g/mol. The van der Waals surface area contributed by atoms with E-state index in [9.17, 15) is 9.18 Å². The van der Waals surface area contributed by atoms with Crippen LogP contribution in [0.3, 0.4) is 0 Å². The van der Waals surface area contributed by atoms with E-state index in [2.05, 4.69) is 10.2 Å². The predicted octanol–water partition coefficient (Wildman–Crippen LogP) is 1.98. The number of ether oxygens (including phenoxy) is 1. The third kappa shape index (κ3) is 3.45. The van der Waals surface area contributed by atoms with Crippen LogP contribution in [0.4, 0.5) is 10.2 Å². The Bertz CT molecular complexity index is 721. The molecule has 1 aromatic heterocycles. The Kier molecular flexibility index (Phi) is 4.59. The fraction of sp³-hybridized carbons (Fsp3) is 0.353. The van der Waals surface area contributed by atoms with Crippen molar-refractivity contribution in [3.05, 3.63) is 47.8 Å². The first kappa shape index (κ1) is 16.2. The summed E-state index contributed by atoms with van der Waals surface area (Å²) in [7, 11) is 3.77. The molecule has 126 valence electrons. The van der Waals surface area contributed by atoms with E-state index in [1.54, 1.807) is 23.1 Å². The summed E-state index contributed by atoms with van der Waals surface area (Å²) >= 11 is 0. The van der Waals surface area contributed by atoms with Gasteiger partial charge in [-0.1, -0.05) is 12.1 Å². The zero-order chi connectivity index (χ0) is 17.1. The molecule has 1 saturated heterocycles. The largest absolute Gasteiger partial charge is 0.471 e. The number of carbonyl (C=O) groups excluding carboxylic acids is 1. The van der Waals surface area contributed by atoms with Crippen LogP contribution in [0.5, 0.6) is 5.88 Å². The van der Waals surface area contributed by atoms with Gasteiger partial charge in [-0.3, -0.25) is 4.79 Å². The zero-order valence-corrected chi connectivity index (χ0v) is 13.6. The molecule has 0 aliphatic carbocycles. The number of hydrogen-bond donors (Lipinski definition) is 0. The molecule has 6 nitrogen and oxygen atoms in total. The minimum absolute atomic E-state index is 0.0910. The summed E-state index contributed by atoms with van der Waals surface area (Å²) in [6, 6.07) is 9.58. The molecule has 0 saturated carbocycles. The van der Waals surface area contributed by atoms with Gasteiger partial charge in [-0.15, -0.1) is 10.2 Å². The van der Waals surface area contributed by atoms with Crippen LogP contribution < -0.4 is 9.64 Å². The Balaban J connectivity index is 1.61. The second-order valence-electron chi connectivity index (χ2n) is 5.88. The van der Waals surface area contributed by atoms with Gasteiger partial charge in [-0.25, -0.2) is 4.39 Å². The lowest BCUT2D eigenvalue weighted by Crippen LogP contribution is -2.31. The van der Waals surface area contributed by atoms with Gasteiger partial charge in [0.05, 0.1) is 12.1 Å². The molecule has 0 N–H and O–H groups in total. The number of rotatable bonds is 4. The van der Waals surface area contributed by atoms with Crippen LogP contribution >= 0.6 is 0 Å². The fourth-order valence-electron chi connectivity index (χ4n) is 2.60. The Morgan fingerprint density at radius 1 is 1.25 bits per heavy atom. The van der Waals surface area contributed by atoms with E-state index < -0.39 is 5.82 Å². The van der Waals surface area contributed by atoms with E-state index in [1.807, 2.05) is 25.1 Å². The van der Waals surface area contributed by atoms with Gasteiger partial charge >= 0.3 is 0 Å². The Hall–Kier alpha value is -2.70. The Morgan fingerprint density at radius 3 is 2.71 bits per heavy atom. The number of nitrogens with zero attached hydrogens (tertiary/aromatic N) is 4. The molecular weight excluding hydrogens is 311 g/mol. The lowest BCUT2D eigenvalue weighted by Gasteiger charge is -2.17. The number of carbonyl (C=O) groups is 1. The van der Waals surface area contributed by atoms with E-state index in [1.165, 1.54) is 12.1 Å². The Labute approximate surface area is 139 Å². The number of benzene rings is 1. The number of hydrogen-bond acceptors (Lipinski definition) is 5. The average Bonchev–Trinajstić information content (AvgIpc) is 3.04. The second-order valence-corrected chi connectivity index (χ2v) is 5.88. The maximum atomic E-state index is 13.7. The van der Waals surface area contributed by atoms with Gasteiger partial charge in [0.15, 0.2) is 5.82 Å². The molecule has 2 heterocycles. The van der Waals surface area contributed by atoms with Crippen LogP contribution in [0.2, 0.25) is 0 Å². The molecule has 1 amide bonds. The van der Waals surface area contributed by atoms with Crippen molar-refractivity contribution in [2.24, 2.45) is 0 Å². The van der Waals surface area contributed by atoms with Crippen molar-refractivity contribution in [1.29, 1.82) is 0 Å². The van der Waals surface area contributed by atoms with Crippen molar-refractivity contribution in [2.45, 2.75) is 12.5 Å². The summed E-state index contributed by atoms with van der Waals surface area (Å²) in [5.41, 5.74) is 0.0910. The molecule has 2 aromatic rings. The van der Waals surface area contributed by atoms with Gasteiger partial charge in [0, 0.05) is 33.1 Å². The summed E-state index contributed by atoms with van der Waals surface area (Å²) in [4.78, 5) is 15.8. The maximum Gasteiger partial charge on any atom is 0.256 e. The first-order valence-corrected chi connectivity index (χ1v) is 7.76. The number of amides is 1. The van der Waals surface area contributed by atoms with Gasteiger partial charge in [0.1, 0.15) is 11.9 Å². The van der Waals surface area contributed by atoms with E-state index in [-0.39, 0.29) is 17.6 Å². The number of halogens is 1. The summed E-state index contributed by atoms with van der Waals surface area (Å²) in [5.74, 6) is 0.348. The van der Waals surface area contributed by atoms with Gasteiger partial charge in [0.2, 0.25) is 5.88 Å². The number of aromatic nitrogens is 2. The topological polar surface area (TPSA) is 58.6 Å². The summed E-state index contributed by atoms with van der Waals surface area (Å²) in [6.45, 7) is 0.936. The second kappa shape index (κ2) is 6.82. The standard InChI is InChI=1S/C17H19FN4O2/c1-21(2)15-7-8-16(20-19-15)24-12-9-10-22(11-12)17(23)13-5-3-4-6-14(13)18/h3-8,12H,9-11H2,1-2H3. The van der Waals surface area contributed by atoms with Crippen molar-refractivity contribution in [1.82, 2.24) is 15.1 Å². The minimum atomic E-state index is -0.503. The molecule has 1 unspecified atom stereocenters. The molecule has 0 radical (unpaired) electrons. The number of anilines is 1. The summed E-state index contributed by atoms with van der Waals surface area (Å²) in [5, 5.41) is 8.08. The predicted molar refractivity (Wildman–Crippen MR) is 87.7 cm³/mol. The van der Waals surface area contributed by atoms with E-state index >= 15 is 0 Å². The molecule has 0 bridgehead atoms. The molecule has 1 aliphatic heterocycles. The first-order valence-electron chi connectivity index (χ1n) is 7.76. The van der Waals surface area contributed by atoms with Crippen LogP contribution in [0.15, 0.2) is 36.4 Å². The summed E-state index contributed by atoms with van der Waals surface area (Å²) in [6.07, 6.45) is 0.511. The molecule has 24 heavy (non-hydrogen) atoms. The molecule has 1 aliphatic rings. The highest BCUT2D eigenvalue weighted by molar-refractivity contribution is 5.94. The van der Waals surface area contributed by atoms with Crippen molar-refractivity contribution in [2.75, 3.05) is 32.1 Å². The highest BCUT2D eigenvalue weighted by atomic mass is 19.1. The van der Waals surface area contributed by atoms with Crippen LogP contribution in [0.1, 0.15) is 16.8 Å². The van der Waals surface area contributed by atoms with Crippen LogP contribution in [0.25, 0.3) is 0 Å². The highest BCUT2D eigenvalue weighted by Crippen LogP contribution is 2.20. The summed E-state index contributed by atoms with van der Waals surface area (Å²) < 4.78 is 19.5. The van der Waals surface area contributed by atoms with Crippen molar-refractivity contribution in [3.8, 4) is 5.88 Å². The molecule has 0 spiro atoms. The fourth-order valence-corrected chi connectivity index (χ4v) is 2.60. The maximum absolute atomic E-state index is 13.7. The van der Waals surface area contributed by atoms with Gasteiger partial charge in [-0.05, 0) is 18.2 Å². The van der Waals surface area contributed by atoms with E-state index in [0.717, 1.165) is 5.82 Å². The molecule has 3 rings (SSSR count). The molecular formula is C17H19FN4O2. The molecule has 7 heteroatoms. The van der Waals surface area contributed by atoms with Gasteiger partial charge < -0.3 is 14.5 Å². The third-order valence-corrected chi connectivity index (χ3v) is 3.91. The Morgan fingerprint density at radius 2 is 2.04 bits per heavy atom. The van der Waals surface area contributed by atoms with Gasteiger partial charge in [0.25, 0.3) is 5.91 Å². The third-order valence-electron chi connectivity index (χ3n) is 3.91. The monoisotopic (exact) mass is 330 g/mol. The zero-order valence-electron chi connectivity index (χ0n) is 13.6. The quantitative estimate of drug-likeness (QED) is 0.858. The van der Waals surface area contributed by atoms with Crippen LogP contribution in [-0.4, -0.2) is 54.3 Å². The van der Waals surface area contributed by atoms with Crippen LogP contribution in [0, 0.1) is 5.82 Å². The highest BCUT2D eigenvalue weighted by Gasteiger charge is 2.29.